The van der Waals surface area contributed by atoms with Gasteiger partial charge in [0.15, 0.2) is 6.61 Å². The summed E-state index contributed by atoms with van der Waals surface area (Å²) in [4.78, 5) is 36.7. The van der Waals surface area contributed by atoms with Crippen molar-refractivity contribution in [3.05, 3.63) is 77.3 Å². The van der Waals surface area contributed by atoms with Crippen molar-refractivity contribution in [3.63, 3.8) is 0 Å². The van der Waals surface area contributed by atoms with E-state index < -0.39 is 6.04 Å². The SMILES string of the molecule is Cc1cccc(NC(=O)C(C)N2C(=O)COc3ccc(-c4csc(-c5ccccn5)n4)cc32)c1C. The van der Waals surface area contributed by atoms with Crippen LogP contribution in [0.2, 0.25) is 0 Å². The average Bonchev–Trinajstić information content (AvgIpc) is 3.37. The lowest BCUT2D eigenvalue weighted by molar-refractivity contribution is -0.125. The molecule has 2 aromatic heterocycles. The highest BCUT2D eigenvalue weighted by Gasteiger charge is 2.33. The first-order valence-electron chi connectivity index (χ1n) is 11.3. The van der Waals surface area contributed by atoms with Gasteiger partial charge in [0, 0.05) is 22.8 Å². The quantitative estimate of drug-likeness (QED) is 0.419. The molecule has 8 heteroatoms. The molecule has 3 heterocycles. The number of aryl methyl sites for hydroxylation is 1. The van der Waals surface area contributed by atoms with Crippen LogP contribution in [0.15, 0.2) is 66.2 Å². The normalized spacial score (nSPS) is 13.7. The van der Waals surface area contributed by atoms with E-state index in [-0.39, 0.29) is 18.4 Å². The highest BCUT2D eigenvalue weighted by atomic mass is 32.1. The summed E-state index contributed by atoms with van der Waals surface area (Å²) in [5, 5.41) is 5.74. The first kappa shape index (κ1) is 22.7. The van der Waals surface area contributed by atoms with Gasteiger partial charge in [-0.15, -0.1) is 11.3 Å². The number of thiazole rings is 1. The van der Waals surface area contributed by atoms with Crippen LogP contribution in [0.4, 0.5) is 11.4 Å². The van der Waals surface area contributed by atoms with Crippen molar-refractivity contribution in [2.75, 3.05) is 16.8 Å². The topological polar surface area (TPSA) is 84.4 Å². The van der Waals surface area contributed by atoms with Gasteiger partial charge < -0.3 is 10.1 Å². The van der Waals surface area contributed by atoms with E-state index in [1.165, 1.54) is 16.2 Å². The van der Waals surface area contributed by atoms with Gasteiger partial charge in [0.05, 0.1) is 17.1 Å². The molecule has 1 atom stereocenters. The first-order chi connectivity index (χ1) is 16.9. The van der Waals surface area contributed by atoms with Gasteiger partial charge in [0.1, 0.15) is 16.8 Å². The Morgan fingerprint density at radius 3 is 2.77 bits per heavy atom. The molecule has 0 bridgehead atoms. The lowest BCUT2D eigenvalue weighted by atomic mass is 10.1. The fourth-order valence-corrected chi connectivity index (χ4v) is 4.81. The molecule has 0 aliphatic carbocycles. The summed E-state index contributed by atoms with van der Waals surface area (Å²) in [6, 6.07) is 16.3. The fourth-order valence-electron chi connectivity index (χ4n) is 4.01. The van der Waals surface area contributed by atoms with Gasteiger partial charge in [-0.2, -0.15) is 0 Å². The van der Waals surface area contributed by atoms with E-state index >= 15 is 0 Å². The zero-order chi connectivity index (χ0) is 24.5. The Hall–Kier alpha value is -4.04. The van der Waals surface area contributed by atoms with Crippen LogP contribution >= 0.6 is 11.3 Å². The van der Waals surface area contributed by atoms with Crippen LogP contribution in [0.25, 0.3) is 22.0 Å². The molecule has 0 spiro atoms. The number of anilines is 2. The third-order valence-electron chi connectivity index (χ3n) is 6.15. The minimum atomic E-state index is -0.736. The van der Waals surface area contributed by atoms with Crippen molar-refractivity contribution in [2.45, 2.75) is 26.8 Å². The number of benzene rings is 2. The van der Waals surface area contributed by atoms with Gasteiger partial charge in [-0.25, -0.2) is 4.98 Å². The summed E-state index contributed by atoms with van der Waals surface area (Å²) < 4.78 is 5.66. The number of hydrogen-bond acceptors (Lipinski definition) is 6. The molecule has 1 unspecified atom stereocenters. The van der Waals surface area contributed by atoms with Crippen molar-refractivity contribution in [3.8, 4) is 27.7 Å². The van der Waals surface area contributed by atoms with Crippen LogP contribution in [0.3, 0.4) is 0 Å². The summed E-state index contributed by atoms with van der Waals surface area (Å²) >= 11 is 1.50. The zero-order valence-corrected chi connectivity index (χ0v) is 20.4. The number of aromatic nitrogens is 2. The molecular formula is C27H24N4O3S. The largest absolute Gasteiger partial charge is 0.482 e. The molecule has 2 aromatic carbocycles. The Kier molecular flexibility index (Phi) is 6.05. The zero-order valence-electron chi connectivity index (χ0n) is 19.6. The van der Waals surface area contributed by atoms with Gasteiger partial charge in [-0.1, -0.05) is 18.2 Å². The van der Waals surface area contributed by atoms with E-state index in [9.17, 15) is 9.59 Å². The molecule has 35 heavy (non-hydrogen) atoms. The predicted octanol–water partition coefficient (Wildman–Crippen LogP) is 5.24. The van der Waals surface area contributed by atoms with Crippen LogP contribution in [0, 0.1) is 13.8 Å². The van der Waals surface area contributed by atoms with E-state index in [1.807, 2.05) is 73.8 Å². The van der Waals surface area contributed by atoms with E-state index in [0.29, 0.717) is 11.4 Å². The maximum absolute atomic E-state index is 13.2. The van der Waals surface area contributed by atoms with Crippen molar-refractivity contribution >= 4 is 34.5 Å². The molecule has 0 radical (unpaired) electrons. The minimum Gasteiger partial charge on any atom is -0.482 e. The Bertz CT molecular complexity index is 1420. The lowest BCUT2D eigenvalue weighted by Gasteiger charge is -2.33. The maximum atomic E-state index is 13.2. The van der Waals surface area contributed by atoms with Crippen molar-refractivity contribution in [1.29, 1.82) is 0 Å². The predicted molar refractivity (Wildman–Crippen MR) is 138 cm³/mol. The maximum Gasteiger partial charge on any atom is 0.265 e. The van der Waals surface area contributed by atoms with Gasteiger partial charge in [0.25, 0.3) is 5.91 Å². The lowest BCUT2D eigenvalue weighted by Crippen LogP contribution is -2.49. The average molecular weight is 485 g/mol. The van der Waals surface area contributed by atoms with Gasteiger partial charge in [0.2, 0.25) is 5.91 Å². The van der Waals surface area contributed by atoms with Gasteiger partial charge in [-0.05, 0) is 68.3 Å². The number of carbonyl (C=O) groups excluding carboxylic acids is 2. The second-order valence-corrected chi connectivity index (χ2v) is 9.26. The summed E-state index contributed by atoms with van der Waals surface area (Å²) in [5.74, 6) is 0.0158. The summed E-state index contributed by atoms with van der Waals surface area (Å²) in [6.07, 6.45) is 1.74. The second-order valence-electron chi connectivity index (χ2n) is 8.40. The molecule has 0 saturated carbocycles. The fraction of sp³-hybridized carbons (Fsp3) is 0.185. The standard InChI is InChI=1S/C27H24N4O3S/c1-16-7-6-9-20(17(16)2)29-26(33)18(3)31-23-13-19(10-11-24(23)34-14-25(31)32)22-15-35-27(30-22)21-8-4-5-12-28-21/h4-13,15,18H,14H2,1-3H3,(H,29,33). The molecule has 0 fully saturated rings. The number of ether oxygens (including phenoxy) is 1. The molecular weight excluding hydrogens is 460 g/mol. The number of amides is 2. The monoisotopic (exact) mass is 484 g/mol. The number of nitrogens with one attached hydrogen (secondary N) is 1. The van der Waals surface area contributed by atoms with Crippen LogP contribution in [0.5, 0.6) is 5.75 Å². The van der Waals surface area contributed by atoms with E-state index in [1.54, 1.807) is 13.1 Å². The number of pyridine rings is 1. The van der Waals surface area contributed by atoms with E-state index in [4.69, 9.17) is 9.72 Å². The minimum absolute atomic E-state index is 0.117. The van der Waals surface area contributed by atoms with Crippen LogP contribution in [0.1, 0.15) is 18.1 Å². The number of fused-ring (bicyclic) bond motifs is 1. The first-order valence-corrected chi connectivity index (χ1v) is 12.1. The number of carbonyl (C=O) groups is 2. The smallest absolute Gasteiger partial charge is 0.265 e. The highest BCUT2D eigenvalue weighted by Crippen LogP contribution is 2.38. The number of nitrogens with zero attached hydrogens (tertiary/aromatic N) is 3. The Morgan fingerprint density at radius 2 is 1.97 bits per heavy atom. The van der Waals surface area contributed by atoms with E-state index in [2.05, 4.69) is 10.3 Å². The molecule has 176 valence electrons. The Morgan fingerprint density at radius 1 is 1.11 bits per heavy atom. The second kappa shape index (κ2) is 9.31. The molecule has 4 aromatic rings. The highest BCUT2D eigenvalue weighted by molar-refractivity contribution is 7.13. The summed E-state index contributed by atoms with van der Waals surface area (Å²) in [5.41, 5.74) is 5.77. The van der Waals surface area contributed by atoms with Gasteiger partial charge in [-0.3, -0.25) is 19.5 Å². The van der Waals surface area contributed by atoms with Crippen molar-refractivity contribution < 1.29 is 14.3 Å². The van der Waals surface area contributed by atoms with Crippen LogP contribution in [-0.2, 0) is 9.59 Å². The van der Waals surface area contributed by atoms with Crippen molar-refractivity contribution in [2.24, 2.45) is 0 Å². The van der Waals surface area contributed by atoms with Crippen LogP contribution < -0.4 is 15.0 Å². The third kappa shape index (κ3) is 4.40. The molecule has 5 rings (SSSR count). The molecule has 0 saturated heterocycles. The van der Waals surface area contributed by atoms with Gasteiger partial charge >= 0.3 is 0 Å². The molecule has 2 amide bonds. The van der Waals surface area contributed by atoms with Crippen molar-refractivity contribution in [1.82, 2.24) is 9.97 Å². The Labute approximate surface area is 207 Å². The number of rotatable bonds is 5. The Balaban J connectivity index is 1.45. The molecule has 7 nitrogen and oxygen atoms in total. The van der Waals surface area contributed by atoms with Crippen LogP contribution in [-0.4, -0.2) is 34.4 Å². The summed E-state index contributed by atoms with van der Waals surface area (Å²) in [6.45, 7) is 5.57. The summed E-state index contributed by atoms with van der Waals surface area (Å²) in [7, 11) is 0. The molecule has 1 aliphatic heterocycles. The third-order valence-corrected chi connectivity index (χ3v) is 7.02. The number of hydrogen-bond donors (Lipinski definition) is 1. The molecule has 1 N–H and O–H groups in total. The van der Waals surface area contributed by atoms with E-state index in [0.717, 1.165) is 38.8 Å². The molecule has 1 aliphatic rings.